The summed E-state index contributed by atoms with van der Waals surface area (Å²) < 4.78 is 45.3. The van der Waals surface area contributed by atoms with E-state index in [1.165, 1.54) is 37.6 Å². The van der Waals surface area contributed by atoms with Gasteiger partial charge >= 0.3 is 24.5 Å². The van der Waals surface area contributed by atoms with E-state index in [-0.39, 0.29) is 57.6 Å². The smallest absolute Gasteiger partial charge is 0.547 e. The van der Waals surface area contributed by atoms with E-state index in [0.717, 1.165) is 12.1 Å². The number of amides is 2. The highest BCUT2D eigenvalue weighted by atomic mass is 35.5. The number of hydrogen-bond donors (Lipinski definition) is 1. The van der Waals surface area contributed by atoms with Gasteiger partial charge in [0, 0.05) is 30.4 Å². The summed E-state index contributed by atoms with van der Waals surface area (Å²) in [5, 5.41) is 28.7. The molecule has 2 aromatic carbocycles. The molecule has 0 radical (unpaired) electrons. The Balaban J connectivity index is 0.00000520. The summed E-state index contributed by atoms with van der Waals surface area (Å²) in [5.41, 5.74) is -1.07. The molecule has 2 aliphatic heterocycles. The van der Waals surface area contributed by atoms with Crippen LogP contribution in [0.3, 0.4) is 0 Å². The van der Waals surface area contributed by atoms with Gasteiger partial charge in [-0.1, -0.05) is 11.0 Å². The number of ether oxygens (including phenoxy) is 3. The van der Waals surface area contributed by atoms with Crippen LogP contribution in [-0.4, -0.2) is 116 Å². The number of benzene rings is 2. The Bertz CT molecular complexity index is 1620. The number of carbonyl (C=O) groups excluding carboxylic acids is 3. The summed E-state index contributed by atoms with van der Waals surface area (Å²) in [7, 11) is 0. The molecule has 1 N–H and O–H groups in total. The SMILES string of the molecule is CCOC(=O)[C@H](C)OC(=O)OCN1[C+]=NN(C[C@@](O)(c2ccc(F)cc2F)[C@@H](C)N2CCN(c3ccc(-n4cnnn4)cc3)C2=O)C1.[Cl-]. The predicted molar refractivity (Wildman–Crippen MR) is 158 cm³/mol. The van der Waals surface area contributed by atoms with Gasteiger partial charge in [0.05, 0.1) is 24.9 Å². The number of tetrazole rings is 1. The summed E-state index contributed by atoms with van der Waals surface area (Å²) >= 11 is 0. The van der Waals surface area contributed by atoms with Crippen molar-refractivity contribution in [3.8, 4) is 5.69 Å². The quantitative estimate of drug-likeness (QED) is 0.181. The van der Waals surface area contributed by atoms with Gasteiger partial charge in [-0.3, -0.25) is 4.90 Å². The van der Waals surface area contributed by atoms with Crippen LogP contribution in [0.1, 0.15) is 26.3 Å². The average molecular weight is 692 g/mol. The van der Waals surface area contributed by atoms with Crippen molar-refractivity contribution in [3.63, 3.8) is 0 Å². The van der Waals surface area contributed by atoms with Gasteiger partial charge in [0.1, 0.15) is 28.7 Å². The minimum atomic E-state index is -2.09. The number of aliphatic hydroxyl groups is 1. The fourth-order valence-electron chi connectivity index (χ4n) is 5.20. The van der Waals surface area contributed by atoms with Crippen molar-refractivity contribution in [2.45, 2.75) is 38.5 Å². The molecule has 1 saturated heterocycles. The Morgan fingerprint density at radius 3 is 2.48 bits per heavy atom. The fourth-order valence-corrected chi connectivity index (χ4v) is 5.20. The Morgan fingerprint density at radius 1 is 1.08 bits per heavy atom. The topological polar surface area (TPSA) is 168 Å². The van der Waals surface area contributed by atoms with Crippen molar-refractivity contribution in [2.24, 2.45) is 5.10 Å². The first-order valence-corrected chi connectivity index (χ1v) is 14.6. The molecule has 3 heterocycles. The van der Waals surface area contributed by atoms with Gasteiger partial charge in [0.25, 0.3) is 0 Å². The number of anilines is 1. The summed E-state index contributed by atoms with van der Waals surface area (Å²) in [6.07, 6.45) is 1.73. The molecule has 3 aromatic rings. The molecule has 48 heavy (non-hydrogen) atoms. The number of urea groups is 1. The molecule has 0 unspecified atom stereocenters. The monoisotopic (exact) mass is 691 g/mol. The third kappa shape index (κ3) is 7.67. The summed E-state index contributed by atoms with van der Waals surface area (Å²) in [5.74, 6) is -2.58. The highest BCUT2D eigenvalue weighted by Crippen LogP contribution is 2.35. The number of rotatable bonds is 12. The van der Waals surface area contributed by atoms with Crippen LogP contribution >= 0.6 is 0 Å². The first kappa shape index (κ1) is 35.7. The van der Waals surface area contributed by atoms with E-state index in [4.69, 9.17) is 14.2 Å². The highest BCUT2D eigenvalue weighted by Gasteiger charge is 2.48. The van der Waals surface area contributed by atoms with Gasteiger partial charge < -0.3 is 36.6 Å². The van der Waals surface area contributed by atoms with Crippen LogP contribution in [0.4, 0.5) is 24.1 Å². The summed E-state index contributed by atoms with van der Waals surface area (Å²) in [6.45, 7) is 4.31. The van der Waals surface area contributed by atoms with Crippen molar-refractivity contribution < 1.29 is 54.9 Å². The number of β-amino-alcohol motifs (C(OH)–C–C–N with tert-alkyl or cyclic N) is 1. The number of aromatic nitrogens is 4. The first-order chi connectivity index (χ1) is 22.5. The zero-order chi connectivity index (χ0) is 33.7. The van der Waals surface area contributed by atoms with Gasteiger partial charge in [-0.15, -0.1) is 5.10 Å². The number of halogens is 3. The minimum absolute atomic E-state index is 0. The molecule has 256 valence electrons. The fraction of sp³-hybridized carbons (Fsp3) is 0.414. The average Bonchev–Trinajstić information content (AvgIpc) is 3.82. The van der Waals surface area contributed by atoms with Crippen molar-refractivity contribution in [1.82, 2.24) is 35.0 Å². The predicted octanol–water partition coefficient (Wildman–Crippen LogP) is -1.08. The lowest BCUT2D eigenvalue weighted by atomic mass is 9.85. The van der Waals surface area contributed by atoms with Gasteiger partial charge in [0.15, 0.2) is 12.8 Å². The molecule has 2 aliphatic rings. The maximum absolute atomic E-state index is 15.2. The van der Waals surface area contributed by atoms with E-state index in [2.05, 4.69) is 27.0 Å². The van der Waals surface area contributed by atoms with Crippen molar-refractivity contribution in [3.05, 3.63) is 66.0 Å². The standard InChI is InChI=1S/C29H32F2N9O7.ClH/c1-4-45-26(41)19(2)47-28(43)46-18-36-16-33-37(17-36)14-29(44,24-10-5-21(30)13-25(24)31)20(3)38-11-12-39(27(38)42)22-6-8-23(9-7-22)40-15-32-34-35-40;/h5-10,13,15,19-20,44H,4,11-12,14,17-18H2,1-3H3;1H/q+1;/p-1/t19-,20+,29-;/m0./s1. The number of hydrazone groups is 1. The molecule has 19 heteroatoms. The van der Waals surface area contributed by atoms with Crippen LogP contribution in [0.15, 0.2) is 53.9 Å². The zero-order valence-corrected chi connectivity index (χ0v) is 26.8. The van der Waals surface area contributed by atoms with Gasteiger partial charge in [-0.25, -0.2) is 32.9 Å². The zero-order valence-electron chi connectivity index (χ0n) is 26.1. The number of nitrogens with zero attached hydrogens (tertiary/aromatic N) is 9. The van der Waals surface area contributed by atoms with Crippen molar-refractivity contribution >= 4 is 30.2 Å². The summed E-state index contributed by atoms with van der Waals surface area (Å²) in [4.78, 5) is 41.6. The van der Waals surface area contributed by atoms with Gasteiger partial charge in [-0.2, -0.15) is 0 Å². The molecule has 2 amide bonds. The van der Waals surface area contributed by atoms with Gasteiger partial charge in [-0.05, 0) is 61.5 Å². The Labute approximate surface area is 279 Å². The van der Waals surface area contributed by atoms with Gasteiger partial charge in [0.2, 0.25) is 6.73 Å². The second-order valence-electron chi connectivity index (χ2n) is 10.7. The first-order valence-electron chi connectivity index (χ1n) is 14.6. The second-order valence-corrected chi connectivity index (χ2v) is 10.7. The van der Waals surface area contributed by atoms with Crippen LogP contribution < -0.4 is 17.3 Å². The Hall–Kier alpha value is -5.19. The third-order valence-electron chi connectivity index (χ3n) is 7.69. The number of hydrogen-bond acceptors (Lipinski definition) is 13. The molecular formula is C29H32ClF2N9O7. The van der Waals surface area contributed by atoms with E-state index in [0.29, 0.717) is 17.4 Å². The Kier molecular flexibility index (Phi) is 11.3. The molecular weight excluding hydrogens is 660 g/mol. The van der Waals surface area contributed by atoms with E-state index in [9.17, 15) is 23.9 Å². The van der Waals surface area contributed by atoms with E-state index >= 15 is 4.39 Å². The molecule has 16 nitrogen and oxygen atoms in total. The van der Waals surface area contributed by atoms with Crippen molar-refractivity contribution in [2.75, 3.05) is 44.5 Å². The Morgan fingerprint density at radius 2 is 1.81 bits per heavy atom. The molecule has 0 bridgehead atoms. The highest BCUT2D eigenvalue weighted by molar-refractivity contribution is 5.94. The van der Waals surface area contributed by atoms with E-state index in [1.807, 2.05) is 0 Å². The lowest BCUT2D eigenvalue weighted by Crippen LogP contribution is -3.00. The molecule has 0 saturated carbocycles. The van der Waals surface area contributed by atoms with Crippen LogP contribution in [-0.2, 0) is 24.6 Å². The second kappa shape index (κ2) is 15.1. The molecule has 3 atom stereocenters. The molecule has 0 aliphatic carbocycles. The largest absolute Gasteiger partial charge is 1.00 e. The number of carbonyl (C=O) groups is 3. The minimum Gasteiger partial charge on any atom is -1.00 e. The van der Waals surface area contributed by atoms with E-state index in [1.54, 1.807) is 38.1 Å². The lowest BCUT2D eigenvalue weighted by molar-refractivity contribution is -0.153. The van der Waals surface area contributed by atoms with Crippen LogP contribution in [0.25, 0.3) is 5.69 Å². The third-order valence-corrected chi connectivity index (χ3v) is 7.69. The molecule has 1 aromatic heterocycles. The normalized spacial score (nSPS) is 16.6. The molecule has 0 spiro atoms. The van der Waals surface area contributed by atoms with Crippen LogP contribution in [0.5, 0.6) is 0 Å². The van der Waals surface area contributed by atoms with Crippen LogP contribution in [0.2, 0.25) is 0 Å². The van der Waals surface area contributed by atoms with Crippen molar-refractivity contribution in [1.29, 1.82) is 0 Å². The number of esters is 1. The molecule has 5 rings (SSSR count). The van der Waals surface area contributed by atoms with E-state index < -0.39 is 47.5 Å². The maximum Gasteiger partial charge on any atom is 0.547 e. The lowest BCUT2D eigenvalue weighted by Gasteiger charge is -2.40. The maximum atomic E-state index is 15.2. The van der Waals surface area contributed by atoms with Crippen LogP contribution in [0, 0.1) is 11.6 Å². The summed E-state index contributed by atoms with van der Waals surface area (Å²) in [6, 6.07) is 8.28. The molecule has 1 fully saturated rings.